The zero-order chi connectivity index (χ0) is 25.6. The van der Waals surface area contributed by atoms with E-state index in [1.165, 1.54) is 7.11 Å². The molecular formula is C27H34N2O6. The van der Waals surface area contributed by atoms with Crippen molar-refractivity contribution in [3.8, 4) is 0 Å². The average molecular weight is 483 g/mol. The minimum atomic E-state index is -0.862. The van der Waals surface area contributed by atoms with Gasteiger partial charge < -0.3 is 20.1 Å². The molecular weight excluding hydrogens is 448 g/mol. The van der Waals surface area contributed by atoms with Gasteiger partial charge in [-0.1, -0.05) is 80.9 Å². The van der Waals surface area contributed by atoms with Gasteiger partial charge in [-0.2, -0.15) is 0 Å². The summed E-state index contributed by atoms with van der Waals surface area (Å²) >= 11 is 0. The van der Waals surface area contributed by atoms with Crippen molar-refractivity contribution in [2.75, 3.05) is 7.11 Å². The number of ketones is 1. The molecule has 0 saturated heterocycles. The van der Waals surface area contributed by atoms with Crippen LogP contribution in [-0.2, 0) is 36.9 Å². The lowest BCUT2D eigenvalue weighted by Gasteiger charge is -2.22. The fourth-order valence-corrected chi connectivity index (χ4v) is 3.45. The van der Waals surface area contributed by atoms with Crippen LogP contribution in [0.25, 0.3) is 0 Å². The molecule has 0 aliphatic carbocycles. The van der Waals surface area contributed by atoms with Crippen molar-refractivity contribution < 1.29 is 28.7 Å². The van der Waals surface area contributed by atoms with Gasteiger partial charge in [-0.25, -0.2) is 9.59 Å². The molecule has 2 rings (SSSR count). The number of esters is 1. The normalized spacial score (nSPS) is 13.1. The van der Waals surface area contributed by atoms with Crippen molar-refractivity contribution in [3.05, 3.63) is 71.8 Å². The Hall–Kier alpha value is -3.68. The summed E-state index contributed by atoms with van der Waals surface area (Å²) in [5.74, 6) is -1.38. The zero-order valence-corrected chi connectivity index (χ0v) is 20.5. The molecule has 0 fully saturated rings. The second kappa shape index (κ2) is 14.6. The monoisotopic (exact) mass is 482 g/mol. The topological polar surface area (TPSA) is 111 Å². The Morgan fingerprint density at radius 3 is 2.03 bits per heavy atom. The van der Waals surface area contributed by atoms with Crippen molar-refractivity contribution in [3.63, 3.8) is 0 Å². The first-order chi connectivity index (χ1) is 16.8. The summed E-state index contributed by atoms with van der Waals surface area (Å²) in [4.78, 5) is 49.9. The SMILES string of the molecule is CCC(C)[C@H](NC(=O)CCC(=O)[C@H](Cc1ccccc1)NC(=O)OCc1ccccc1)C(=O)OC. The molecule has 188 valence electrons. The van der Waals surface area contributed by atoms with Crippen LogP contribution in [0.1, 0.15) is 44.2 Å². The number of hydrogen-bond acceptors (Lipinski definition) is 6. The molecule has 2 amide bonds. The largest absolute Gasteiger partial charge is 0.467 e. The molecule has 0 spiro atoms. The van der Waals surface area contributed by atoms with Crippen LogP contribution in [0.15, 0.2) is 60.7 Å². The first kappa shape index (κ1) is 27.6. The lowest BCUT2D eigenvalue weighted by Crippen LogP contribution is -2.46. The third kappa shape index (κ3) is 9.60. The summed E-state index contributed by atoms with van der Waals surface area (Å²) in [6.07, 6.45) is 0.00739. The predicted octanol–water partition coefficient (Wildman–Crippen LogP) is 3.58. The maximum atomic E-state index is 13.0. The zero-order valence-electron chi connectivity index (χ0n) is 20.5. The standard InChI is InChI=1S/C27H34N2O6/c1-4-19(2)25(26(32)34-3)29-24(31)16-15-23(30)22(17-20-11-7-5-8-12-20)28-27(33)35-18-21-13-9-6-10-14-21/h5-14,19,22,25H,4,15-18H2,1-3H3,(H,28,33)(H,29,31)/t19?,22-,25-/m0/s1. The number of Topliss-reactive ketones (excluding diaryl/α,β-unsaturated/α-hetero) is 1. The Morgan fingerprint density at radius 1 is 0.857 bits per heavy atom. The van der Waals surface area contributed by atoms with Crippen LogP contribution in [0.5, 0.6) is 0 Å². The fraction of sp³-hybridized carbons (Fsp3) is 0.407. The summed E-state index contributed by atoms with van der Waals surface area (Å²) in [5, 5.41) is 5.30. The lowest BCUT2D eigenvalue weighted by atomic mass is 9.98. The summed E-state index contributed by atoms with van der Waals surface area (Å²) in [5.41, 5.74) is 1.69. The lowest BCUT2D eigenvalue weighted by molar-refractivity contribution is -0.146. The van der Waals surface area contributed by atoms with E-state index >= 15 is 0 Å². The minimum Gasteiger partial charge on any atom is -0.467 e. The van der Waals surface area contributed by atoms with E-state index in [0.29, 0.717) is 6.42 Å². The highest BCUT2D eigenvalue weighted by Gasteiger charge is 2.28. The van der Waals surface area contributed by atoms with Gasteiger partial charge in [0, 0.05) is 12.8 Å². The van der Waals surface area contributed by atoms with Gasteiger partial charge in [0.2, 0.25) is 5.91 Å². The minimum absolute atomic E-state index is 0.0753. The smallest absolute Gasteiger partial charge is 0.408 e. The molecule has 8 heteroatoms. The summed E-state index contributed by atoms with van der Waals surface area (Å²) in [6, 6.07) is 16.8. The number of hydrogen-bond donors (Lipinski definition) is 2. The number of alkyl carbamates (subject to hydrolysis) is 1. The number of carbonyl (C=O) groups excluding carboxylic acids is 4. The number of rotatable bonds is 13. The van der Waals surface area contributed by atoms with Crippen molar-refractivity contribution in [1.82, 2.24) is 10.6 Å². The van der Waals surface area contributed by atoms with Gasteiger partial charge in [0.15, 0.2) is 5.78 Å². The Kier molecular flexibility index (Phi) is 11.5. The third-order valence-electron chi connectivity index (χ3n) is 5.76. The predicted molar refractivity (Wildman–Crippen MR) is 131 cm³/mol. The molecule has 0 saturated carbocycles. The second-order valence-corrected chi connectivity index (χ2v) is 8.37. The Bertz CT molecular complexity index is 964. The molecule has 0 bridgehead atoms. The van der Waals surface area contributed by atoms with E-state index in [0.717, 1.165) is 11.1 Å². The fourth-order valence-electron chi connectivity index (χ4n) is 3.45. The average Bonchev–Trinajstić information content (AvgIpc) is 2.89. The van der Waals surface area contributed by atoms with Crippen LogP contribution < -0.4 is 10.6 Å². The van der Waals surface area contributed by atoms with Crippen LogP contribution in [-0.4, -0.2) is 42.9 Å². The number of ether oxygens (including phenoxy) is 2. The van der Waals surface area contributed by atoms with Crippen molar-refractivity contribution in [2.45, 2.75) is 58.2 Å². The quantitative estimate of drug-likeness (QED) is 0.422. The van der Waals surface area contributed by atoms with E-state index in [4.69, 9.17) is 9.47 Å². The van der Waals surface area contributed by atoms with Crippen molar-refractivity contribution in [1.29, 1.82) is 0 Å². The molecule has 0 aliphatic rings. The van der Waals surface area contributed by atoms with Crippen LogP contribution in [0, 0.1) is 5.92 Å². The van der Waals surface area contributed by atoms with Gasteiger partial charge >= 0.3 is 12.1 Å². The molecule has 0 heterocycles. The van der Waals surface area contributed by atoms with Crippen LogP contribution in [0.3, 0.4) is 0 Å². The third-order valence-corrected chi connectivity index (χ3v) is 5.76. The number of amides is 2. The highest BCUT2D eigenvalue weighted by molar-refractivity contribution is 5.91. The summed E-state index contributed by atoms with van der Waals surface area (Å²) < 4.78 is 10.1. The summed E-state index contributed by atoms with van der Waals surface area (Å²) in [6.45, 7) is 3.83. The highest BCUT2D eigenvalue weighted by atomic mass is 16.5. The van der Waals surface area contributed by atoms with Gasteiger partial charge in [0.25, 0.3) is 0 Å². The van der Waals surface area contributed by atoms with Crippen molar-refractivity contribution in [2.24, 2.45) is 5.92 Å². The maximum Gasteiger partial charge on any atom is 0.408 e. The van der Waals surface area contributed by atoms with E-state index < -0.39 is 30.1 Å². The molecule has 1 unspecified atom stereocenters. The summed E-state index contributed by atoms with van der Waals surface area (Å²) in [7, 11) is 1.27. The van der Waals surface area contributed by atoms with E-state index in [-0.39, 0.29) is 37.6 Å². The molecule has 0 aromatic heterocycles. The number of methoxy groups -OCH3 is 1. The molecule has 2 N–H and O–H groups in total. The number of benzene rings is 2. The molecule has 8 nitrogen and oxygen atoms in total. The van der Waals surface area contributed by atoms with E-state index in [2.05, 4.69) is 10.6 Å². The molecule has 2 aromatic carbocycles. The van der Waals surface area contributed by atoms with Gasteiger partial charge in [-0.15, -0.1) is 0 Å². The van der Waals surface area contributed by atoms with E-state index in [9.17, 15) is 19.2 Å². The first-order valence-corrected chi connectivity index (χ1v) is 11.7. The molecule has 3 atom stereocenters. The van der Waals surface area contributed by atoms with Gasteiger partial charge in [0.05, 0.1) is 13.2 Å². The first-order valence-electron chi connectivity index (χ1n) is 11.7. The van der Waals surface area contributed by atoms with Gasteiger partial charge in [-0.3, -0.25) is 9.59 Å². The van der Waals surface area contributed by atoms with Gasteiger partial charge in [0.1, 0.15) is 12.6 Å². The Balaban J connectivity index is 1.98. The molecule has 0 radical (unpaired) electrons. The number of carbonyl (C=O) groups is 4. The van der Waals surface area contributed by atoms with E-state index in [1.54, 1.807) is 0 Å². The van der Waals surface area contributed by atoms with Crippen LogP contribution >= 0.6 is 0 Å². The van der Waals surface area contributed by atoms with Gasteiger partial charge in [-0.05, 0) is 23.5 Å². The Morgan fingerprint density at radius 2 is 1.46 bits per heavy atom. The molecule has 35 heavy (non-hydrogen) atoms. The van der Waals surface area contributed by atoms with Crippen LogP contribution in [0.4, 0.5) is 4.79 Å². The molecule has 2 aromatic rings. The Labute approximate surface area is 206 Å². The molecule has 0 aliphatic heterocycles. The maximum absolute atomic E-state index is 13.0. The van der Waals surface area contributed by atoms with Crippen LogP contribution in [0.2, 0.25) is 0 Å². The van der Waals surface area contributed by atoms with Crippen molar-refractivity contribution >= 4 is 23.8 Å². The van der Waals surface area contributed by atoms with E-state index in [1.807, 2.05) is 74.5 Å². The number of nitrogens with one attached hydrogen (secondary N) is 2. The highest BCUT2D eigenvalue weighted by Crippen LogP contribution is 2.11. The second-order valence-electron chi connectivity index (χ2n) is 8.37.